The van der Waals surface area contributed by atoms with E-state index in [4.69, 9.17) is 4.74 Å². The first-order valence-corrected chi connectivity index (χ1v) is 5.58. The minimum absolute atomic E-state index is 0.162. The second kappa shape index (κ2) is 3.93. The first kappa shape index (κ1) is 10.3. The average molecular weight is 233 g/mol. The summed E-state index contributed by atoms with van der Waals surface area (Å²) in [6.07, 6.45) is 5.01. The van der Waals surface area contributed by atoms with Gasteiger partial charge in [-0.25, -0.2) is 0 Å². The minimum Gasteiger partial charge on any atom is -0.365 e. The Morgan fingerprint density at radius 3 is 2.67 bits per heavy atom. The number of halogens is 1. The van der Waals surface area contributed by atoms with Crippen LogP contribution in [0.1, 0.15) is 33.6 Å². The van der Waals surface area contributed by atoms with Gasteiger partial charge in [-0.15, -0.1) is 0 Å². The smallest absolute Gasteiger partial charge is 0.0967 e. The zero-order chi connectivity index (χ0) is 9.19. The van der Waals surface area contributed by atoms with Gasteiger partial charge in [0.05, 0.1) is 11.7 Å². The van der Waals surface area contributed by atoms with Gasteiger partial charge in [0.25, 0.3) is 0 Å². The highest BCUT2D eigenvalue weighted by atomic mass is 79.9. The third-order valence-electron chi connectivity index (χ3n) is 2.37. The van der Waals surface area contributed by atoms with Crippen molar-refractivity contribution in [3.8, 4) is 0 Å². The molecule has 0 radical (unpaired) electrons. The van der Waals surface area contributed by atoms with Crippen LogP contribution in [-0.4, -0.2) is 17.0 Å². The van der Waals surface area contributed by atoms with Gasteiger partial charge in [-0.2, -0.15) is 0 Å². The summed E-state index contributed by atoms with van der Waals surface area (Å²) in [5.74, 6) is 0. The Bertz CT molecular complexity index is 184. The van der Waals surface area contributed by atoms with E-state index in [2.05, 4.69) is 42.8 Å². The number of hydrogen-bond acceptors (Lipinski definition) is 1. The van der Waals surface area contributed by atoms with Crippen LogP contribution in [0.5, 0.6) is 0 Å². The van der Waals surface area contributed by atoms with E-state index in [0.717, 1.165) is 18.2 Å². The topological polar surface area (TPSA) is 12.5 Å². The maximum absolute atomic E-state index is 5.56. The third-order valence-corrected chi connectivity index (χ3v) is 2.96. The van der Waals surface area contributed by atoms with Crippen molar-refractivity contribution in [1.29, 1.82) is 0 Å². The lowest BCUT2D eigenvalue weighted by atomic mass is 10.0. The molecular formula is C10H17BrO. The summed E-state index contributed by atoms with van der Waals surface area (Å²) in [5, 5.41) is 0.971. The van der Waals surface area contributed by atoms with Crippen molar-refractivity contribution in [2.75, 3.05) is 5.33 Å². The van der Waals surface area contributed by atoms with Crippen LogP contribution in [-0.2, 0) is 4.74 Å². The summed E-state index contributed by atoms with van der Waals surface area (Å²) < 4.78 is 5.56. The Balaban J connectivity index is 2.21. The molecule has 0 spiro atoms. The third kappa shape index (κ3) is 2.60. The molecule has 1 nitrogen and oxygen atoms in total. The van der Waals surface area contributed by atoms with Crippen LogP contribution in [0.2, 0.25) is 0 Å². The molecule has 0 aromatic rings. The van der Waals surface area contributed by atoms with Crippen molar-refractivity contribution in [1.82, 2.24) is 0 Å². The SMILES string of the molecule is CC(C)=CCCC1(C)OC1CBr. The Morgan fingerprint density at radius 1 is 1.58 bits per heavy atom. The van der Waals surface area contributed by atoms with Gasteiger partial charge in [0.2, 0.25) is 0 Å². The summed E-state index contributed by atoms with van der Waals surface area (Å²) in [5.41, 5.74) is 1.56. The molecule has 2 heteroatoms. The first-order valence-electron chi connectivity index (χ1n) is 4.45. The van der Waals surface area contributed by atoms with Gasteiger partial charge in [0, 0.05) is 5.33 Å². The summed E-state index contributed by atoms with van der Waals surface area (Å²) in [6.45, 7) is 6.47. The molecule has 0 aliphatic carbocycles. The van der Waals surface area contributed by atoms with Gasteiger partial charge in [-0.1, -0.05) is 27.6 Å². The largest absolute Gasteiger partial charge is 0.365 e. The maximum Gasteiger partial charge on any atom is 0.0967 e. The van der Waals surface area contributed by atoms with Crippen LogP contribution in [0.15, 0.2) is 11.6 Å². The fraction of sp³-hybridized carbons (Fsp3) is 0.800. The molecule has 0 aromatic heterocycles. The number of rotatable bonds is 4. The van der Waals surface area contributed by atoms with E-state index < -0.39 is 0 Å². The molecule has 1 aliphatic rings. The van der Waals surface area contributed by atoms with E-state index in [1.54, 1.807) is 0 Å². The van der Waals surface area contributed by atoms with Gasteiger partial charge in [0.15, 0.2) is 0 Å². The molecule has 0 aromatic carbocycles. The maximum atomic E-state index is 5.56. The summed E-state index contributed by atoms with van der Waals surface area (Å²) >= 11 is 3.43. The summed E-state index contributed by atoms with van der Waals surface area (Å²) in [6, 6.07) is 0. The number of allylic oxidation sites excluding steroid dienone is 2. The highest BCUT2D eigenvalue weighted by Crippen LogP contribution is 2.41. The van der Waals surface area contributed by atoms with Crippen LogP contribution in [0.25, 0.3) is 0 Å². The molecular weight excluding hydrogens is 216 g/mol. The van der Waals surface area contributed by atoms with Crippen molar-refractivity contribution < 1.29 is 4.74 Å². The van der Waals surface area contributed by atoms with E-state index in [-0.39, 0.29) is 5.60 Å². The van der Waals surface area contributed by atoms with E-state index in [1.807, 2.05) is 0 Å². The molecule has 1 fully saturated rings. The second-order valence-electron chi connectivity index (χ2n) is 3.89. The molecule has 0 saturated carbocycles. The predicted octanol–water partition coefficient (Wildman–Crippen LogP) is 3.29. The second-order valence-corrected chi connectivity index (χ2v) is 4.54. The molecule has 1 aliphatic heterocycles. The normalized spacial score (nSPS) is 33.2. The van der Waals surface area contributed by atoms with Gasteiger partial charge in [0.1, 0.15) is 0 Å². The van der Waals surface area contributed by atoms with Gasteiger partial charge >= 0.3 is 0 Å². The lowest BCUT2D eigenvalue weighted by Gasteiger charge is -2.02. The molecule has 0 amide bonds. The zero-order valence-corrected chi connectivity index (χ0v) is 9.65. The standard InChI is InChI=1S/C10H17BrO/c1-8(2)5-4-6-10(3)9(7-11)12-10/h5,9H,4,6-7H2,1-3H3. The Labute approximate surface area is 83.3 Å². The Hall–Kier alpha value is 0.180. The molecule has 0 N–H and O–H groups in total. The molecule has 2 unspecified atom stereocenters. The average Bonchev–Trinajstić information content (AvgIpc) is 2.61. The van der Waals surface area contributed by atoms with Gasteiger partial charge < -0.3 is 4.74 Å². The number of alkyl halides is 1. The molecule has 2 atom stereocenters. The van der Waals surface area contributed by atoms with Gasteiger partial charge in [-0.05, 0) is 33.6 Å². The highest BCUT2D eigenvalue weighted by molar-refractivity contribution is 9.09. The van der Waals surface area contributed by atoms with Crippen molar-refractivity contribution >= 4 is 15.9 Å². The van der Waals surface area contributed by atoms with E-state index in [9.17, 15) is 0 Å². The molecule has 0 bridgehead atoms. The van der Waals surface area contributed by atoms with E-state index in [0.29, 0.717) is 6.10 Å². The molecule has 1 saturated heterocycles. The van der Waals surface area contributed by atoms with E-state index in [1.165, 1.54) is 5.57 Å². The van der Waals surface area contributed by atoms with Crippen molar-refractivity contribution in [3.63, 3.8) is 0 Å². The van der Waals surface area contributed by atoms with Crippen LogP contribution in [0.3, 0.4) is 0 Å². The summed E-state index contributed by atoms with van der Waals surface area (Å²) in [4.78, 5) is 0. The molecule has 1 rings (SSSR count). The number of epoxide rings is 1. The lowest BCUT2D eigenvalue weighted by Crippen LogP contribution is -2.09. The number of hydrogen-bond donors (Lipinski definition) is 0. The van der Waals surface area contributed by atoms with Crippen LogP contribution in [0, 0.1) is 0 Å². The lowest BCUT2D eigenvalue weighted by molar-refractivity contribution is 0.301. The molecule has 1 heterocycles. The fourth-order valence-electron chi connectivity index (χ4n) is 1.35. The molecule has 70 valence electrons. The quantitative estimate of drug-likeness (QED) is 0.412. The first-order chi connectivity index (χ1) is 5.58. The summed E-state index contributed by atoms with van der Waals surface area (Å²) in [7, 11) is 0. The predicted molar refractivity (Wildman–Crippen MR) is 55.7 cm³/mol. The number of ether oxygens (including phenoxy) is 1. The molecule has 12 heavy (non-hydrogen) atoms. The zero-order valence-electron chi connectivity index (χ0n) is 8.06. The van der Waals surface area contributed by atoms with Crippen LogP contribution < -0.4 is 0 Å². The van der Waals surface area contributed by atoms with Crippen molar-refractivity contribution in [2.45, 2.75) is 45.3 Å². The highest BCUT2D eigenvalue weighted by Gasteiger charge is 2.50. The van der Waals surface area contributed by atoms with E-state index >= 15 is 0 Å². The van der Waals surface area contributed by atoms with Gasteiger partial charge in [-0.3, -0.25) is 0 Å². The Morgan fingerprint density at radius 2 is 2.25 bits per heavy atom. The Kier molecular flexibility index (Phi) is 3.36. The fourth-order valence-corrected chi connectivity index (χ4v) is 2.17. The van der Waals surface area contributed by atoms with Crippen molar-refractivity contribution in [2.24, 2.45) is 0 Å². The van der Waals surface area contributed by atoms with Crippen LogP contribution >= 0.6 is 15.9 Å². The monoisotopic (exact) mass is 232 g/mol. The van der Waals surface area contributed by atoms with Crippen LogP contribution in [0.4, 0.5) is 0 Å². The minimum atomic E-state index is 0.162. The van der Waals surface area contributed by atoms with Crippen molar-refractivity contribution in [3.05, 3.63) is 11.6 Å².